The first kappa shape index (κ1) is 24.6. The zero-order chi connectivity index (χ0) is 24.2. The Balaban J connectivity index is 1.44. The zero-order valence-electron chi connectivity index (χ0n) is 22.8. The van der Waals surface area contributed by atoms with E-state index >= 15 is 0 Å². The van der Waals surface area contributed by atoms with Crippen molar-refractivity contribution in [1.29, 1.82) is 0 Å². The third-order valence-electron chi connectivity index (χ3n) is 13.3. The van der Waals surface area contributed by atoms with E-state index in [9.17, 15) is 10.2 Å². The smallest absolute Gasteiger partial charge is 0.0865 e. The Labute approximate surface area is 203 Å². The van der Waals surface area contributed by atoms with Crippen LogP contribution in [0.5, 0.6) is 0 Å². The van der Waals surface area contributed by atoms with Crippen molar-refractivity contribution >= 4 is 0 Å². The molecule has 0 aromatic rings. The van der Waals surface area contributed by atoms with Gasteiger partial charge < -0.3 is 14.9 Å². The maximum Gasteiger partial charge on any atom is 0.0865 e. The molecule has 0 aromatic carbocycles. The topological polar surface area (TPSA) is 49.7 Å². The van der Waals surface area contributed by atoms with Crippen LogP contribution in [0.2, 0.25) is 0 Å². The van der Waals surface area contributed by atoms with E-state index in [1.165, 1.54) is 44.9 Å². The first-order chi connectivity index (χ1) is 15.1. The van der Waals surface area contributed by atoms with Crippen molar-refractivity contribution in [3.8, 4) is 0 Å². The monoisotopic (exact) mass is 460 g/mol. The molecule has 1 heterocycles. The SMILES string of the molecule is CC(C)(O)C1CC[C@](C)([C@H]2CC[C@]3(C)[C@@H]2CC[C@@H]2[C@@]4(C)CC[C@H](O)C(C)(C)[C@@H]4CC[C@]23C)O1. The largest absolute Gasteiger partial charge is 0.393 e. The van der Waals surface area contributed by atoms with Gasteiger partial charge in [-0.25, -0.2) is 0 Å². The van der Waals surface area contributed by atoms with Crippen molar-refractivity contribution in [2.24, 2.45) is 45.3 Å². The van der Waals surface area contributed by atoms with Crippen LogP contribution in [0.15, 0.2) is 0 Å². The van der Waals surface area contributed by atoms with E-state index in [1.807, 2.05) is 13.8 Å². The molecule has 4 saturated carbocycles. The van der Waals surface area contributed by atoms with Gasteiger partial charge in [0.1, 0.15) is 0 Å². The maximum absolute atomic E-state index is 10.9. The number of hydrogen-bond acceptors (Lipinski definition) is 3. The van der Waals surface area contributed by atoms with E-state index < -0.39 is 5.60 Å². The van der Waals surface area contributed by atoms with Gasteiger partial charge in [0.25, 0.3) is 0 Å². The van der Waals surface area contributed by atoms with Gasteiger partial charge in [-0.15, -0.1) is 0 Å². The lowest BCUT2D eigenvalue weighted by atomic mass is 9.35. The number of aliphatic hydroxyl groups excluding tert-OH is 1. The summed E-state index contributed by atoms with van der Waals surface area (Å²) >= 11 is 0. The summed E-state index contributed by atoms with van der Waals surface area (Å²) in [6.07, 6.45) is 11.9. The minimum atomic E-state index is -0.755. The van der Waals surface area contributed by atoms with E-state index in [2.05, 4.69) is 41.5 Å². The van der Waals surface area contributed by atoms with Gasteiger partial charge in [-0.1, -0.05) is 34.6 Å². The van der Waals surface area contributed by atoms with Gasteiger partial charge >= 0.3 is 0 Å². The normalized spacial score (nSPS) is 56.2. The Morgan fingerprint density at radius 1 is 0.697 bits per heavy atom. The third-order valence-corrected chi connectivity index (χ3v) is 13.3. The molecule has 1 saturated heterocycles. The second-order valence-electron chi connectivity index (χ2n) is 15.3. The van der Waals surface area contributed by atoms with E-state index in [0.29, 0.717) is 28.1 Å². The number of fused-ring (bicyclic) bond motifs is 5. The van der Waals surface area contributed by atoms with Crippen LogP contribution in [0.25, 0.3) is 0 Å². The summed E-state index contributed by atoms with van der Waals surface area (Å²) in [5.41, 5.74) is 0.277. The Bertz CT molecular complexity index is 784. The van der Waals surface area contributed by atoms with Gasteiger partial charge in [0.05, 0.1) is 23.4 Å². The molecule has 2 N–H and O–H groups in total. The van der Waals surface area contributed by atoms with Gasteiger partial charge in [-0.2, -0.15) is 0 Å². The Morgan fingerprint density at radius 2 is 1.36 bits per heavy atom. The fourth-order valence-electron chi connectivity index (χ4n) is 11.1. The average Bonchev–Trinajstić information content (AvgIpc) is 3.27. The molecule has 4 aliphatic carbocycles. The summed E-state index contributed by atoms with van der Waals surface area (Å²) in [5.74, 6) is 2.73. The molecule has 5 aliphatic rings. The molecule has 3 heteroatoms. The van der Waals surface area contributed by atoms with Crippen LogP contribution in [0.4, 0.5) is 0 Å². The van der Waals surface area contributed by atoms with Crippen molar-refractivity contribution in [1.82, 2.24) is 0 Å². The van der Waals surface area contributed by atoms with Crippen LogP contribution < -0.4 is 0 Å². The first-order valence-corrected chi connectivity index (χ1v) is 14.2. The number of aliphatic hydroxyl groups is 2. The summed E-state index contributed by atoms with van der Waals surface area (Å²) in [4.78, 5) is 0. The van der Waals surface area contributed by atoms with E-state index in [0.717, 1.165) is 31.1 Å². The molecule has 0 amide bonds. The average molecular weight is 461 g/mol. The highest BCUT2D eigenvalue weighted by Gasteiger charge is 2.70. The lowest BCUT2D eigenvalue weighted by molar-refractivity contribution is -0.227. The van der Waals surface area contributed by atoms with Gasteiger partial charge in [0.2, 0.25) is 0 Å². The molecule has 0 spiro atoms. The highest BCUT2D eigenvalue weighted by atomic mass is 16.5. The molecule has 0 radical (unpaired) electrons. The quantitative estimate of drug-likeness (QED) is 0.480. The molecule has 5 rings (SSSR count). The van der Waals surface area contributed by atoms with Gasteiger partial charge in [0.15, 0.2) is 0 Å². The van der Waals surface area contributed by atoms with E-state index in [4.69, 9.17) is 4.74 Å². The summed E-state index contributed by atoms with van der Waals surface area (Å²) in [6.45, 7) is 18.8. The van der Waals surface area contributed by atoms with Crippen molar-refractivity contribution < 1.29 is 14.9 Å². The van der Waals surface area contributed by atoms with Crippen LogP contribution in [-0.4, -0.2) is 33.6 Å². The fraction of sp³-hybridized carbons (Fsp3) is 1.00. The molecule has 1 unspecified atom stereocenters. The van der Waals surface area contributed by atoms with Crippen molar-refractivity contribution in [2.45, 2.75) is 143 Å². The van der Waals surface area contributed by atoms with Gasteiger partial charge in [-0.3, -0.25) is 0 Å². The number of rotatable bonds is 2. The molecule has 3 nitrogen and oxygen atoms in total. The fourth-order valence-corrected chi connectivity index (χ4v) is 11.1. The second kappa shape index (κ2) is 7.22. The van der Waals surface area contributed by atoms with Gasteiger partial charge in [0, 0.05) is 0 Å². The predicted molar refractivity (Wildman–Crippen MR) is 134 cm³/mol. The third kappa shape index (κ3) is 3.16. The van der Waals surface area contributed by atoms with Crippen molar-refractivity contribution in [3.63, 3.8) is 0 Å². The Kier molecular flexibility index (Phi) is 5.38. The maximum atomic E-state index is 10.9. The molecular weight excluding hydrogens is 408 g/mol. The molecule has 0 bridgehead atoms. The first-order valence-electron chi connectivity index (χ1n) is 14.2. The molecule has 1 aliphatic heterocycles. The highest BCUT2D eigenvalue weighted by Crippen LogP contribution is 2.76. The lowest BCUT2D eigenvalue weighted by Crippen LogP contribution is -2.64. The van der Waals surface area contributed by atoms with Crippen LogP contribution in [0.1, 0.15) is 120 Å². The van der Waals surface area contributed by atoms with E-state index in [1.54, 1.807) is 0 Å². The highest BCUT2D eigenvalue weighted by molar-refractivity contribution is 5.18. The predicted octanol–water partition coefficient (Wildman–Crippen LogP) is 6.74. The zero-order valence-corrected chi connectivity index (χ0v) is 22.8. The summed E-state index contributed by atoms with van der Waals surface area (Å²) in [5, 5.41) is 21.5. The van der Waals surface area contributed by atoms with Crippen LogP contribution in [-0.2, 0) is 4.74 Å². The molecule has 0 aromatic heterocycles. The van der Waals surface area contributed by atoms with Crippen LogP contribution >= 0.6 is 0 Å². The standard InChI is InChI=1S/C30H52O3/c1-25(2)21-12-17-29(7)22(27(21,5)15-13-23(25)31)10-9-19-20(11-16-28(19,29)6)30(8)18-14-24(33-30)26(3,4)32/h19-24,31-32H,9-18H2,1-8H3/t19-,20+,21+,22-,23+,24?,27+,28-,29-,30-/m1/s1. The van der Waals surface area contributed by atoms with Crippen molar-refractivity contribution in [2.75, 3.05) is 0 Å². The van der Waals surface area contributed by atoms with Crippen LogP contribution in [0, 0.1) is 45.3 Å². The molecule has 190 valence electrons. The summed E-state index contributed by atoms with van der Waals surface area (Å²) in [6, 6.07) is 0. The minimum absolute atomic E-state index is 0.0293. The molecule has 10 atom stereocenters. The van der Waals surface area contributed by atoms with Crippen LogP contribution in [0.3, 0.4) is 0 Å². The van der Waals surface area contributed by atoms with E-state index in [-0.39, 0.29) is 23.2 Å². The number of hydrogen-bond donors (Lipinski definition) is 2. The lowest BCUT2D eigenvalue weighted by Gasteiger charge is -2.70. The summed E-state index contributed by atoms with van der Waals surface area (Å²) < 4.78 is 6.73. The summed E-state index contributed by atoms with van der Waals surface area (Å²) in [7, 11) is 0. The second-order valence-corrected chi connectivity index (χ2v) is 15.3. The van der Waals surface area contributed by atoms with Gasteiger partial charge in [-0.05, 0) is 130 Å². The minimum Gasteiger partial charge on any atom is -0.393 e. The van der Waals surface area contributed by atoms with Crippen molar-refractivity contribution in [3.05, 3.63) is 0 Å². The number of ether oxygens (including phenoxy) is 1. The molecule has 33 heavy (non-hydrogen) atoms. The molecule has 5 fully saturated rings. The molecular formula is C30H52O3. The Morgan fingerprint density at radius 3 is 2.00 bits per heavy atom. The Hall–Kier alpha value is -0.120.